The normalized spacial score (nSPS) is 11.7. The monoisotopic (exact) mass is 372 g/mol. The van der Waals surface area contributed by atoms with Gasteiger partial charge in [0.05, 0.1) is 11.8 Å². The van der Waals surface area contributed by atoms with Crippen LogP contribution >= 0.6 is 11.8 Å². The predicted octanol–water partition coefficient (Wildman–Crippen LogP) is 2.95. The van der Waals surface area contributed by atoms with E-state index in [2.05, 4.69) is 20.6 Å². The van der Waals surface area contributed by atoms with E-state index in [1.165, 1.54) is 11.8 Å². The van der Waals surface area contributed by atoms with Crippen molar-refractivity contribution in [2.24, 2.45) is 0 Å². The van der Waals surface area contributed by atoms with E-state index < -0.39 is 0 Å². The maximum atomic E-state index is 12.3. The van der Waals surface area contributed by atoms with Crippen molar-refractivity contribution in [2.75, 3.05) is 11.9 Å². The van der Waals surface area contributed by atoms with Crippen LogP contribution in [-0.4, -0.2) is 33.6 Å². The third-order valence-corrected chi connectivity index (χ3v) is 4.80. The number of anilines is 1. The highest BCUT2D eigenvalue weighted by Crippen LogP contribution is 2.22. The first-order valence-corrected chi connectivity index (χ1v) is 9.27. The first-order chi connectivity index (χ1) is 12.3. The van der Waals surface area contributed by atoms with E-state index in [-0.39, 0.29) is 23.6 Å². The highest BCUT2D eigenvalue weighted by molar-refractivity contribution is 8.00. The summed E-state index contributed by atoms with van der Waals surface area (Å²) in [4.78, 5) is 32.9. The van der Waals surface area contributed by atoms with E-state index >= 15 is 0 Å². The Hall–Kier alpha value is -2.41. The molecule has 2 amide bonds. The van der Waals surface area contributed by atoms with Crippen LogP contribution in [0.4, 0.5) is 5.69 Å². The summed E-state index contributed by atoms with van der Waals surface area (Å²) in [5.41, 5.74) is 3.63. The Balaban J connectivity index is 1.88. The van der Waals surface area contributed by atoms with E-state index in [1.54, 1.807) is 6.92 Å². The quantitative estimate of drug-likeness (QED) is 0.602. The van der Waals surface area contributed by atoms with Crippen LogP contribution in [0.2, 0.25) is 0 Å². The van der Waals surface area contributed by atoms with E-state index in [0.29, 0.717) is 5.82 Å². The highest BCUT2D eigenvalue weighted by atomic mass is 32.2. The van der Waals surface area contributed by atoms with Crippen LogP contribution in [0.5, 0.6) is 0 Å². The molecule has 0 saturated heterocycles. The van der Waals surface area contributed by atoms with Gasteiger partial charge in [-0.25, -0.2) is 9.97 Å². The number of amides is 2. The summed E-state index contributed by atoms with van der Waals surface area (Å²) in [5, 5.41) is 5.92. The second-order valence-corrected chi connectivity index (χ2v) is 7.55. The lowest BCUT2D eigenvalue weighted by Crippen LogP contribution is -2.37. The molecule has 2 aromatic rings. The van der Waals surface area contributed by atoms with Gasteiger partial charge in [0.2, 0.25) is 11.8 Å². The molecule has 7 heteroatoms. The van der Waals surface area contributed by atoms with Crippen LogP contribution in [-0.2, 0) is 9.59 Å². The molecule has 1 unspecified atom stereocenters. The van der Waals surface area contributed by atoms with Gasteiger partial charge in [0.15, 0.2) is 0 Å². The SMILES string of the molecule is Cc1cc(SC(C)C(=O)NCC(=O)Nc2c(C)cccc2C)nc(C)n1. The molecule has 0 bridgehead atoms. The number of carbonyl (C=O) groups is 2. The van der Waals surface area contributed by atoms with Crippen molar-refractivity contribution in [2.45, 2.75) is 44.9 Å². The van der Waals surface area contributed by atoms with Crippen molar-refractivity contribution in [1.29, 1.82) is 0 Å². The van der Waals surface area contributed by atoms with Gasteiger partial charge >= 0.3 is 0 Å². The number of nitrogens with zero attached hydrogens (tertiary/aromatic N) is 2. The fourth-order valence-electron chi connectivity index (χ4n) is 2.48. The van der Waals surface area contributed by atoms with Gasteiger partial charge in [0.25, 0.3) is 0 Å². The summed E-state index contributed by atoms with van der Waals surface area (Å²) in [5.74, 6) is 0.218. The molecule has 1 aromatic heterocycles. The molecule has 26 heavy (non-hydrogen) atoms. The van der Waals surface area contributed by atoms with Gasteiger partial charge in [-0.2, -0.15) is 0 Å². The standard InChI is InChI=1S/C19H24N4O2S/c1-11-7-6-8-12(2)18(11)23-16(24)10-20-19(25)14(4)26-17-9-13(3)21-15(5)22-17/h6-9,14H,10H2,1-5H3,(H,20,25)(H,23,24). The summed E-state index contributed by atoms with van der Waals surface area (Å²) in [6.07, 6.45) is 0. The summed E-state index contributed by atoms with van der Waals surface area (Å²) < 4.78 is 0. The Morgan fingerprint density at radius 3 is 2.38 bits per heavy atom. The zero-order valence-corrected chi connectivity index (χ0v) is 16.5. The smallest absolute Gasteiger partial charge is 0.243 e. The van der Waals surface area contributed by atoms with Gasteiger partial charge in [0, 0.05) is 11.4 Å². The lowest BCUT2D eigenvalue weighted by atomic mass is 10.1. The molecule has 0 aliphatic rings. The first kappa shape index (κ1) is 19.9. The van der Waals surface area contributed by atoms with Crippen LogP contribution in [0.25, 0.3) is 0 Å². The molecule has 0 spiro atoms. The second kappa shape index (κ2) is 8.80. The molecule has 1 atom stereocenters. The number of hydrogen-bond acceptors (Lipinski definition) is 5. The van der Waals surface area contributed by atoms with Crippen LogP contribution in [0.15, 0.2) is 29.3 Å². The van der Waals surface area contributed by atoms with Gasteiger partial charge in [-0.05, 0) is 51.8 Å². The largest absolute Gasteiger partial charge is 0.346 e. The molecule has 2 rings (SSSR count). The number of rotatable bonds is 6. The third kappa shape index (κ3) is 5.56. The number of nitrogens with one attached hydrogen (secondary N) is 2. The fourth-order valence-corrected chi connectivity index (χ4v) is 3.46. The molecule has 0 radical (unpaired) electrons. The first-order valence-electron chi connectivity index (χ1n) is 8.39. The number of aryl methyl sites for hydroxylation is 4. The minimum Gasteiger partial charge on any atom is -0.346 e. The molecule has 6 nitrogen and oxygen atoms in total. The van der Waals surface area contributed by atoms with Crippen LogP contribution in [0.3, 0.4) is 0 Å². The second-order valence-electron chi connectivity index (χ2n) is 6.19. The van der Waals surface area contributed by atoms with Gasteiger partial charge in [-0.3, -0.25) is 9.59 Å². The maximum absolute atomic E-state index is 12.3. The van der Waals surface area contributed by atoms with Crippen molar-refractivity contribution in [3.05, 3.63) is 46.9 Å². The summed E-state index contributed by atoms with van der Waals surface area (Å²) in [6.45, 7) is 9.30. The van der Waals surface area contributed by atoms with Crippen LogP contribution in [0.1, 0.15) is 29.6 Å². The molecule has 1 heterocycles. The van der Waals surface area contributed by atoms with Crippen LogP contribution < -0.4 is 10.6 Å². The number of hydrogen-bond donors (Lipinski definition) is 2. The van der Waals surface area contributed by atoms with Crippen molar-refractivity contribution < 1.29 is 9.59 Å². The highest BCUT2D eigenvalue weighted by Gasteiger charge is 2.17. The average molecular weight is 372 g/mol. The Labute approximate surface area is 158 Å². The zero-order valence-electron chi connectivity index (χ0n) is 15.7. The molecule has 138 valence electrons. The Kier molecular flexibility index (Phi) is 6.74. The van der Waals surface area contributed by atoms with Crippen molar-refractivity contribution in [3.8, 4) is 0 Å². The number of para-hydroxylation sites is 1. The molecular weight excluding hydrogens is 348 g/mol. The Bertz CT molecular complexity index is 783. The molecule has 0 fully saturated rings. The van der Waals surface area contributed by atoms with Gasteiger partial charge in [0.1, 0.15) is 10.9 Å². The lowest BCUT2D eigenvalue weighted by molar-refractivity contribution is -0.123. The van der Waals surface area contributed by atoms with Gasteiger partial charge in [-0.15, -0.1) is 0 Å². The lowest BCUT2D eigenvalue weighted by Gasteiger charge is -2.14. The van der Waals surface area contributed by atoms with Crippen molar-refractivity contribution in [3.63, 3.8) is 0 Å². The number of thioether (sulfide) groups is 1. The fraction of sp³-hybridized carbons (Fsp3) is 0.368. The van der Waals surface area contributed by atoms with Gasteiger partial charge < -0.3 is 10.6 Å². The van der Waals surface area contributed by atoms with Crippen LogP contribution in [0, 0.1) is 27.7 Å². The van der Waals surface area contributed by atoms with E-state index in [9.17, 15) is 9.59 Å². The van der Waals surface area contributed by atoms with Crippen molar-refractivity contribution in [1.82, 2.24) is 15.3 Å². The molecule has 0 aliphatic carbocycles. The summed E-state index contributed by atoms with van der Waals surface area (Å²) in [7, 11) is 0. The number of benzene rings is 1. The molecule has 0 saturated carbocycles. The molecule has 1 aromatic carbocycles. The van der Waals surface area contributed by atoms with E-state index in [4.69, 9.17) is 0 Å². The Morgan fingerprint density at radius 1 is 1.12 bits per heavy atom. The summed E-state index contributed by atoms with van der Waals surface area (Å²) >= 11 is 1.35. The van der Waals surface area contributed by atoms with Gasteiger partial charge in [-0.1, -0.05) is 30.0 Å². The third-order valence-electron chi connectivity index (χ3n) is 3.78. The molecular formula is C19H24N4O2S. The topological polar surface area (TPSA) is 84.0 Å². The minimum absolute atomic E-state index is 0.0701. The van der Waals surface area contributed by atoms with E-state index in [0.717, 1.165) is 27.5 Å². The van der Waals surface area contributed by atoms with E-state index in [1.807, 2.05) is 52.0 Å². The van der Waals surface area contributed by atoms with Crippen molar-refractivity contribution >= 4 is 29.3 Å². The average Bonchev–Trinajstić information content (AvgIpc) is 2.55. The minimum atomic E-state index is -0.364. The number of carbonyl (C=O) groups excluding carboxylic acids is 2. The molecule has 0 aliphatic heterocycles. The zero-order chi connectivity index (χ0) is 19.3. The number of aromatic nitrogens is 2. The summed E-state index contributed by atoms with van der Waals surface area (Å²) in [6, 6.07) is 7.66. The predicted molar refractivity (Wildman–Crippen MR) is 104 cm³/mol. The Morgan fingerprint density at radius 2 is 1.77 bits per heavy atom. The molecule has 2 N–H and O–H groups in total. The maximum Gasteiger partial charge on any atom is 0.243 e.